The molecule has 6 nitrogen and oxygen atoms in total. The van der Waals surface area contributed by atoms with E-state index < -0.39 is 5.60 Å². The van der Waals surface area contributed by atoms with Crippen LogP contribution in [-0.2, 0) is 17.6 Å². The van der Waals surface area contributed by atoms with Gasteiger partial charge in [0.2, 0.25) is 0 Å². The van der Waals surface area contributed by atoms with Crippen molar-refractivity contribution in [1.29, 1.82) is 0 Å². The molecule has 1 aromatic heterocycles. The van der Waals surface area contributed by atoms with E-state index in [1.807, 2.05) is 33.1 Å². The van der Waals surface area contributed by atoms with Gasteiger partial charge in [-0.15, -0.1) is 11.3 Å². The summed E-state index contributed by atoms with van der Waals surface area (Å²) in [6.07, 6.45) is 2.87. The van der Waals surface area contributed by atoms with E-state index in [1.165, 1.54) is 11.3 Å². The maximum Gasteiger partial charge on any atom is 0.263 e. The van der Waals surface area contributed by atoms with Gasteiger partial charge >= 0.3 is 0 Å². The average molecular weight is 390 g/mol. The number of carbonyl (C=O) groups excluding carboxylic acids is 1. The number of carbonyl (C=O) groups is 1. The second-order valence-corrected chi connectivity index (χ2v) is 8.29. The third-order valence-corrected chi connectivity index (χ3v) is 6.19. The van der Waals surface area contributed by atoms with Crippen LogP contribution >= 0.6 is 11.3 Å². The quantitative estimate of drug-likeness (QED) is 0.682. The molecule has 1 aromatic carbocycles. The molecule has 27 heavy (non-hydrogen) atoms. The Labute approximate surface area is 163 Å². The first-order valence-corrected chi connectivity index (χ1v) is 10.1. The van der Waals surface area contributed by atoms with Crippen molar-refractivity contribution in [3.05, 3.63) is 33.3 Å². The van der Waals surface area contributed by atoms with Crippen molar-refractivity contribution in [3.8, 4) is 11.5 Å². The number of aryl methyl sites for hydroxylation is 1. The number of benzene rings is 1. The van der Waals surface area contributed by atoms with Crippen molar-refractivity contribution >= 4 is 22.4 Å². The molecule has 1 aliphatic heterocycles. The number of nitrogen functional groups attached to an aromatic ring is 1. The molecule has 1 amide bonds. The number of rotatable bonds is 5. The molecular weight excluding hydrogens is 362 g/mol. The molecule has 0 fully saturated rings. The number of hydrogen-bond acceptors (Lipinski definition) is 6. The van der Waals surface area contributed by atoms with Gasteiger partial charge in [0.25, 0.3) is 5.91 Å². The molecule has 3 rings (SSSR count). The van der Waals surface area contributed by atoms with Crippen molar-refractivity contribution in [3.63, 3.8) is 0 Å². The third-order valence-electron chi connectivity index (χ3n) is 5.46. The number of nitrogens with two attached hydrogens (primary N) is 1. The van der Waals surface area contributed by atoms with Gasteiger partial charge in [-0.05, 0) is 63.6 Å². The van der Waals surface area contributed by atoms with Crippen molar-refractivity contribution in [1.82, 2.24) is 10.3 Å². The molecule has 0 saturated heterocycles. The number of aromatic hydroxyl groups is 1. The van der Waals surface area contributed by atoms with Crippen LogP contribution in [0.4, 0.5) is 5.13 Å². The molecule has 1 atom stereocenters. The second kappa shape index (κ2) is 7.38. The van der Waals surface area contributed by atoms with E-state index in [0.29, 0.717) is 30.3 Å². The normalized spacial score (nSPS) is 18.7. The van der Waals surface area contributed by atoms with Crippen LogP contribution in [0.3, 0.4) is 0 Å². The zero-order valence-electron chi connectivity index (χ0n) is 16.3. The predicted molar refractivity (Wildman–Crippen MR) is 108 cm³/mol. The Bertz CT molecular complexity index is 878. The summed E-state index contributed by atoms with van der Waals surface area (Å²) in [5.41, 5.74) is 9.24. The van der Waals surface area contributed by atoms with Crippen LogP contribution < -0.4 is 15.8 Å². The number of ether oxygens (including phenoxy) is 1. The van der Waals surface area contributed by atoms with Crippen molar-refractivity contribution in [2.75, 3.05) is 12.3 Å². The van der Waals surface area contributed by atoms with Crippen LogP contribution in [0.2, 0.25) is 0 Å². The molecule has 146 valence electrons. The molecule has 1 unspecified atom stereocenters. The zero-order chi connectivity index (χ0) is 19.8. The predicted octanol–water partition coefficient (Wildman–Crippen LogP) is 3.19. The smallest absolute Gasteiger partial charge is 0.263 e. The van der Waals surface area contributed by atoms with E-state index in [1.54, 1.807) is 0 Å². The van der Waals surface area contributed by atoms with Crippen molar-refractivity contribution in [2.45, 2.75) is 59.0 Å². The Balaban J connectivity index is 1.64. The fourth-order valence-electron chi connectivity index (χ4n) is 3.50. The summed E-state index contributed by atoms with van der Waals surface area (Å²) in [6, 6.07) is 0. The number of thiazole rings is 1. The molecule has 0 aliphatic carbocycles. The highest BCUT2D eigenvalue weighted by Crippen LogP contribution is 2.43. The molecule has 0 spiro atoms. The second-order valence-electron chi connectivity index (χ2n) is 7.40. The Morgan fingerprint density at radius 3 is 2.78 bits per heavy atom. The van der Waals surface area contributed by atoms with Crippen LogP contribution in [0, 0.1) is 20.8 Å². The first-order valence-electron chi connectivity index (χ1n) is 9.21. The molecular formula is C20H27N3O3S. The van der Waals surface area contributed by atoms with Gasteiger partial charge in [-0.2, -0.15) is 0 Å². The molecule has 0 saturated carbocycles. The lowest BCUT2D eigenvalue weighted by Crippen LogP contribution is -2.51. The Hall–Kier alpha value is -2.28. The minimum absolute atomic E-state index is 0.103. The number of amides is 1. The van der Waals surface area contributed by atoms with Gasteiger partial charge in [0.05, 0.1) is 5.69 Å². The van der Waals surface area contributed by atoms with Crippen LogP contribution in [-0.4, -0.2) is 28.1 Å². The molecule has 0 radical (unpaired) electrons. The molecule has 4 N–H and O–H groups in total. The van der Waals surface area contributed by atoms with Gasteiger partial charge in [-0.3, -0.25) is 4.79 Å². The average Bonchev–Trinajstić information content (AvgIpc) is 3.06. The highest BCUT2D eigenvalue weighted by Gasteiger charge is 2.40. The molecule has 1 aliphatic rings. The van der Waals surface area contributed by atoms with Crippen molar-refractivity contribution < 1.29 is 14.6 Å². The fourth-order valence-corrected chi connectivity index (χ4v) is 4.10. The first-order chi connectivity index (χ1) is 12.7. The number of phenolic OH excluding ortho intramolecular Hbond substituents is 1. The summed E-state index contributed by atoms with van der Waals surface area (Å²) in [7, 11) is 0. The monoisotopic (exact) mass is 389 g/mol. The lowest BCUT2D eigenvalue weighted by atomic mass is 9.86. The van der Waals surface area contributed by atoms with Crippen LogP contribution in [0.15, 0.2) is 5.38 Å². The summed E-state index contributed by atoms with van der Waals surface area (Å²) in [6.45, 7) is 8.10. The largest absolute Gasteiger partial charge is 0.507 e. The van der Waals surface area contributed by atoms with Gasteiger partial charge in [0, 0.05) is 23.9 Å². The van der Waals surface area contributed by atoms with Gasteiger partial charge < -0.3 is 20.9 Å². The lowest BCUT2D eigenvalue weighted by Gasteiger charge is -2.36. The SMILES string of the molecule is Cc1c(C)c2c(c(C)c1O)CCC(C)(C(=O)NCCCc1csc(N)n1)O2. The Kier molecular flexibility index (Phi) is 5.33. The molecule has 0 bridgehead atoms. The maximum atomic E-state index is 12.8. The third kappa shape index (κ3) is 3.74. The number of fused-ring (bicyclic) bond motifs is 1. The van der Waals surface area contributed by atoms with Crippen LogP contribution in [0.1, 0.15) is 47.7 Å². The zero-order valence-corrected chi connectivity index (χ0v) is 17.1. The van der Waals surface area contributed by atoms with Crippen LogP contribution in [0.5, 0.6) is 11.5 Å². The van der Waals surface area contributed by atoms with E-state index >= 15 is 0 Å². The number of aromatic nitrogens is 1. The van der Waals surface area contributed by atoms with E-state index in [9.17, 15) is 9.90 Å². The lowest BCUT2D eigenvalue weighted by molar-refractivity contribution is -0.136. The Morgan fingerprint density at radius 1 is 1.37 bits per heavy atom. The van der Waals surface area contributed by atoms with E-state index in [2.05, 4.69) is 10.3 Å². The summed E-state index contributed by atoms with van der Waals surface area (Å²) in [5, 5.41) is 15.8. The summed E-state index contributed by atoms with van der Waals surface area (Å²) >= 11 is 1.43. The summed E-state index contributed by atoms with van der Waals surface area (Å²) in [5.74, 6) is 0.962. The topological polar surface area (TPSA) is 97.5 Å². The minimum Gasteiger partial charge on any atom is -0.507 e. The summed E-state index contributed by atoms with van der Waals surface area (Å²) in [4.78, 5) is 17.0. The number of hydrogen-bond donors (Lipinski definition) is 3. The summed E-state index contributed by atoms with van der Waals surface area (Å²) < 4.78 is 6.20. The molecule has 7 heteroatoms. The van der Waals surface area contributed by atoms with Gasteiger partial charge in [0.15, 0.2) is 10.7 Å². The number of anilines is 1. The fraction of sp³-hybridized carbons (Fsp3) is 0.500. The Morgan fingerprint density at radius 2 is 2.11 bits per heavy atom. The van der Waals surface area contributed by atoms with E-state index in [-0.39, 0.29) is 5.91 Å². The minimum atomic E-state index is -0.904. The van der Waals surface area contributed by atoms with Gasteiger partial charge in [-0.25, -0.2) is 4.98 Å². The molecule has 2 heterocycles. The van der Waals surface area contributed by atoms with Crippen LogP contribution in [0.25, 0.3) is 0 Å². The first kappa shape index (κ1) is 19.5. The maximum absolute atomic E-state index is 12.8. The number of nitrogens with one attached hydrogen (secondary N) is 1. The van der Waals surface area contributed by atoms with E-state index in [4.69, 9.17) is 10.5 Å². The molecule has 2 aromatic rings. The van der Waals surface area contributed by atoms with Gasteiger partial charge in [-0.1, -0.05) is 0 Å². The number of phenols is 1. The highest BCUT2D eigenvalue weighted by molar-refractivity contribution is 7.13. The van der Waals surface area contributed by atoms with E-state index in [0.717, 1.165) is 46.5 Å². The highest BCUT2D eigenvalue weighted by atomic mass is 32.1. The van der Waals surface area contributed by atoms with Crippen molar-refractivity contribution in [2.24, 2.45) is 0 Å². The number of nitrogens with zero attached hydrogens (tertiary/aromatic N) is 1. The standard InChI is InChI=1S/C20H27N3O3S/c1-11-12(2)17-15(13(3)16(11)24)7-8-20(4,26-17)18(25)22-9-5-6-14-10-27-19(21)23-14/h10,24H,5-9H2,1-4H3,(H2,21,23)(H,22,25). The van der Waals surface area contributed by atoms with Gasteiger partial charge in [0.1, 0.15) is 11.5 Å².